The average Bonchev–Trinajstić information content (AvgIpc) is 2.82. The predicted molar refractivity (Wildman–Crippen MR) is 138 cm³/mol. The van der Waals surface area contributed by atoms with Crippen molar-refractivity contribution in [3.8, 4) is 0 Å². The SMILES string of the molecule is Cc1cc2nc(C)c(=O)n(Cc3ccc(C(=O)NCc4ccc(N(C)C)cc4)cc3)c2cc1C. The van der Waals surface area contributed by atoms with Gasteiger partial charge in [-0.3, -0.25) is 9.59 Å². The Kier molecular flexibility index (Phi) is 6.50. The van der Waals surface area contributed by atoms with Crippen LogP contribution in [0.4, 0.5) is 5.69 Å². The van der Waals surface area contributed by atoms with E-state index in [1.165, 1.54) is 0 Å². The number of nitrogens with zero attached hydrogens (tertiary/aromatic N) is 3. The van der Waals surface area contributed by atoms with Gasteiger partial charge in [0.2, 0.25) is 0 Å². The summed E-state index contributed by atoms with van der Waals surface area (Å²) in [6.07, 6.45) is 0. The zero-order valence-corrected chi connectivity index (χ0v) is 20.3. The molecule has 0 saturated carbocycles. The highest BCUT2D eigenvalue weighted by atomic mass is 16.1. The normalized spacial score (nSPS) is 11.0. The van der Waals surface area contributed by atoms with Crippen molar-refractivity contribution in [3.63, 3.8) is 0 Å². The number of benzene rings is 3. The van der Waals surface area contributed by atoms with E-state index in [1.807, 2.05) is 81.4 Å². The van der Waals surface area contributed by atoms with E-state index < -0.39 is 0 Å². The van der Waals surface area contributed by atoms with Crippen molar-refractivity contribution in [2.24, 2.45) is 0 Å². The highest BCUT2D eigenvalue weighted by Gasteiger charge is 2.11. The first-order valence-corrected chi connectivity index (χ1v) is 11.3. The predicted octanol–water partition coefficient (Wildman–Crippen LogP) is 4.37. The molecule has 174 valence electrons. The lowest BCUT2D eigenvalue weighted by molar-refractivity contribution is 0.0951. The summed E-state index contributed by atoms with van der Waals surface area (Å²) in [6, 6.07) is 19.5. The monoisotopic (exact) mass is 454 g/mol. The van der Waals surface area contributed by atoms with Gasteiger partial charge in [-0.1, -0.05) is 24.3 Å². The molecule has 1 N–H and O–H groups in total. The summed E-state index contributed by atoms with van der Waals surface area (Å²) >= 11 is 0. The smallest absolute Gasteiger partial charge is 0.272 e. The van der Waals surface area contributed by atoms with E-state index in [1.54, 1.807) is 23.6 Å². The molecule has 0 aliphatic rings. The number of carbonyl (C=O) groups excluding carboxylic acids is 1. The van der Waals surface area contributed by atoms with Crippen molar-refractivity contribution in [2.45, 2.75) is 33.9 Å². The topological polar surface area (TPSA) is 67.2 Å². The first-order valence-electron chi connectivity index (χ1n) is 11.3. The van der Waals surface area contributed by atoms with Gasteiger partial charge in [0, 0.05) is 31.9 Å². The third-order valence-electron chi connectivity index (χ3n) is 6.19. The van der Waals surface area contributed by atoms with Crippen molar-refractivity contribution in [1.82, 2.24) is 14.9 Å². The summed E-state index contributed by atoms with van der Waals surface area (Å²) in [4.78, 5) is 32.0. The van der Waals surface area contributed by atoms with Gasteiger partial charge in [-0.15, -0.1) is 0 Å². The van der Waals surface area contributed by atoms with Gasteiger partial charge in [0.05, 0.1) is 17.6 Å². The average molecular weight is 455 g/mol. The van der Waals surface area contributed by atoms with Gasteiger partial charge in [0.15, 0.2) is 0 Å². The maximum atomic E-state index is 12.9. The zero-order chi connectivity index (χ0) is 24.4. The van der Waals surface area contributed by atoms with Crippen LogP contribution in [0.2, 0.25) is 0 Å². The molecule has 3 aromatic carbocycles. The van der Waals surface area contributed by atoms with E-state index in [0.29, 0.717) is 24.3 Å². The molecule has 0 unspecified atom stereocenters. The molecule has 4 rings (SSSR count). The molecular weight excluding hydrogens is 424 g/mol. The zero-order valence-electron chi connectivity index (χ0n) is 20.3. The Hall–Kier alpha value is -3.93. The van der Waals surface area contributed by atoms with Crippen LogP contribution in [-0.2, 0) is 13.1 Å². The van der Waals surface area contributed by atoms with Crippen molar-refractivity contribution in [3.05, 3.63) is 105 Å². The number of carbonyl (C=O) groups is 1. The lowest BCUT2D eigenvalue weighted by Gasteiger charge is -2.14. The van der Waals surface area contributed by atoms with Crippen molar-refractivity contribution in [2.75, 3.05) is 19.0 Å². The minimum atomic E-state index is -0.128. The Morgan fingerprint density at radius 1 is 0.912 bits per heavy atom. The second-order valence-electron chi connectivity index (χ2n) is 8.95. The van der Waals surface area contributed by atoms with Gasteiger partial charge in [-0.2, -0.15) is 0 Å². The summed E-state index contributed by atoms with van der Waals surface area (Å²) in [6.45, 7) is 6.71. The number of hydrogen-bond acceptors (Lipinski definition) is 4. The fourth-order valence-corrected chi connectivity index (χ4v) is 3.92. The van der Waals surface area contributed by atoms with Crippen molar-refractivity contribution >= 4 is 22.6 Å². The molecule has 0 radical (unpaired) electrons. The van der Waals surface area contributed by atoms with Crippen LogP contribution in [0, 0.1) is 20.8 Å². The number of aryl methyl sites for hydroxylation is 3. The van der Waals surface area contributed by atoms with E-state index in [0.717, 1.165) is 39.0 Å². The van der Waals surface area contributed by atoms with Crippen LogP contribution in [0.25, 0.3) is 11.0 Å². The van der Waals surface area contributed by atoms with Gasteiger partial charge >= 0.3 is 0 Å². The second kappa shape index (κ2) is 9.51. The maximum absolute atomic E-state index is 12.9. The van der Waals surface area contributed by atoms with Gasteiger partial charge in [-0.05, 0) is 79.4 Å². The van der Waals surface area contributed by atoms with E-state index in [-0.39, 0.29) is 11.5 Å². The Bertz CT molecular complexity index is 1400. The molecule has 34 heavy (non-hydrogen) atoms. The highest BCUT2D eigenvalue weighted by molar-refractivity contribution is 5.94. The van der Waals surface area contributed by atoms with Crippen LogP contribution in [0.5, 0.6) is 0 Å². The summed E-state index contributed by atoms with van der Waals surface area (Å²) < 4.78 is 1.76. The Morgan fingerprint density at radius 3 is 2.18 bits per heavy atom. The fraction of sp³-hybridized carbons (Fsp3) is 0.250. The van der Waals surface area contributed by atoms with Crippen LogP contribution >= 0.6 is 0 Å². The molecule has 4 aromatic rings. The third-order valence-corrected chi connectivity index (χ3v) is 6.19. The lowest BCUT2D eigenvalue weighted by atomic mass is 10.1. The van der Waals surface area contributed by atoms with Gasteiger partial charge in [0.1, 0.15) is 5.69 Å². The summed E-state index contributed by atoms with van der Waals surface area (Å²) in [7, 11) is 3.99. The molecule has 6 nitrogen and oxygen atoms in total. The Labute approximate surface area is 199 Å². The number of hydrogen-bond donors (Lipinski definition) is 1. The number of amides is 1. The minimum Gasteiger partial charge on any atom is -0.378 e. The Morgan fingerprint density at radius 2 is 1.53 bits per heavy atom. The van der Waals surface area contributed by atoms with E-state index in [2.05, 4.69) is 10.3 Å². The standard InChI is InChI=1S/C28H30N4O2/c1-18-14-25-26(15-19(18)2)32(28(34)20(3)30-25)17-22-6-10-23(11-7-22)27(33)29-16-21-8-12-24(13-9-21)31(4)5/h6-15H,16-17H2,1-5H3,(H,29,33). The number of nitrogens with one attached hydrogen (secondary N) is 1. The third kappa shape index (κ3) is 4.86. The molecule has 0 aliphatic heterocycles. The fourth-order valence-electron chi connectivity index (χ4n) is 3.92. The number of fused-ring (bicyclic) bond motifs is 1. The molecule has 0 bridgehead atoms. The maximum Gasteiger partial charge on any atom is 0.272 e. The van der Waals surface area contributed by atoms with Crippen molar-refractivity contribution < 1.29 is 4.79 Å². The molecule has 1 amide bonds. The van der Waals surface area contributed by atoms with Crippen LogP contribution in [0.1, 0.15) is 38.3 Å². The van der Waals surface area contributed by atoms with Gasteiger partial charge < -0.3 is 14.8 Å². The van der Waals surface area contributed by atoms with E-state index in [9.17, 15) is 9.59 Å². The summed E-state index contributed by atoms with van der Waals surface area (Å²) in [5.41, 5.74) is 7.97. The molecule has 0 fully saturated rings. The molecule has 1 heterocycles. The van der Waals surface area contributed by atoms with Gasteiger partial charge in [0.25, 0.3) is 11.5 Å². The molecular formula is C28H30N4O2. The van der Waals surface area contributed by atoms with Crippen LogP contribution < -0.4 is 15.8 Å². The second-order valence-corrected chi connectivity index (χ2v) is 8.95. The molecule has 0 saturated heterocycles. The van der Waals surface area contributed by atoms with Crippen LogP contribution in [0.3, 0.4) is 0 Å². The van der Waals surface area contributed by atoms with Gasteiger partial charge in [-0.25, -0.2) is 4.98 Å². The molecule has 1 aromatic heterocycles. The Balaban J connectivity index is 1.49. The molecule has 0 aliphatic carbocycles. The first kappa shape index (κ1) is 23.2. The van der Waals surface area contributed by atoms with Crippen molar-refractivity contribution in [1.29, 1.82) is 0 Å². The number of aromatic nitrogens is 2. The lowest BCUT2D eigenvalue weighted by Crippen LogP contribution is -2.25. The largest absolute Gasteiger partial charge is 0.378 e. The van der Waals surface area contributed by atoms with E-state index in [4.69, 9.17) is 0 Å². The van der Waals surface area contributed by atoms with Crippen LogP contribution in [0.15, 0.2) is 65.5 Å². The highest BCUT2D eigenvalue weighted by Crippen LogP contribution is 2.18. The van der Waals surface area contributed by atoms with Crippen LogP contribution in [-0.4, -0.2) is 29.6 Å². The van der Waals surface area contributed by atoms with E-state index >= 15 is 0 Å². The first-order chi connectivity index (χ1) is 16.2. The molecule has 6 heteroatoms. The number of anilines is 1. The number of rotatable bonds is 6. The summed E-state index contributed by atoms with van der Waals surface area (Å²) in [5.74, 6) is -0.128. The molecule has 0 atom stereocenters. The quantitative estimate of drug-likeness (QED) is 0.470. The minimum absolute atomic E-state index is 0.0992. The molecule has 0 spiro atoms. The summed E-state index contributed by atoms with van der Waals surface area (Å²) in [5, 5.41) is 2.97.